The van der Waals surface area contributed by atoms with Crippen molar-refractivity contribution in [1.82, 2.24) is 10.3 Å². The van der Waals surface area contributed by atoms with E-state index >= 15 is 0 Å². The van der Waals surface area contributed by atoms with E-state index in [0.29, 0.717) is 28.6 Å². The smallest absolute Gasteiger partial charge is 0.339 e. The van der Waals surface area contributed by atoms with Gasteiger partial charge in [0.2, 0.25) is 0 Å². The number of ether oxygens (including phenoxy) is 2. The molecule has 1 aliphatic carbocycles. The Morgan fingerprint density at radius 1 is 1.18 bits per heavy atom. The van der Waals surface area contributed by atoms with E-state index in [4.69, 9.17) is 32.7 Å². The lowest BCUT2D eigenvalue weighted by Gasteiger charge is -2.27. The third-order valence-electron chi connectivity index (χ3n) is 5.85. The van der Waals surface area contributed by atoms with Crippen LogP contribution in [0.1, 0.15) is 39.6 Å². The van der Waals surface area contributed by atoms with Crippen LogP contribution in [0.4, 0.5) is 0 Å². The van der Waals surface area contributed by atoms with Gasteiger partial charge in [0.15, 0.2) is 0 Å². The Morgan fingerprint density at radius 2 is 1.94 bits per heavy atom. The van der Waals surface area contributed by atoms with E-state index in [0.717, 1.165) is 24.8 Å². The number of aliphatic hydroxyl groups is 1. The van der Waals surface area contributed by atoms with Crippen LogP contribution in [0.5, 0.6) is 17.2 Å². The van der Waals surface area contributed by atoms with Gasteiger partial charge in [-0.05, 0) is 66.8 Å². The van der Waals surface area contributed by atoms with Gasteiger partial charge in [0.25, 0.3) is 0 Å². The normalized spacial score (nSPS) is 15.9. The summed E-state index contributed by atoms with van der Waals surface area (Å²) in [5, 5.41) is 23.8. The number of aliphatic hydroxyl groups excluding tert-OH is 1. The molecule has 178 valence electrons. The van der Waals surface area contributed by atoms with Crippen molar-refractivity contribution in [3.63, 3.8) is 0 Å². The topological polar surface area (TPSA) is 101 Å². The van der Waals surface area contributed by atoms with Crippen molar-refractivity contribution in [2.75, 3.05) is 13.7 Å². The third kappa shape index (κ3) is 5.62. The summed E-state index contributed by atoms with van der Waals surface area (Å²) in [7, 11) is 1.43. The fraction of sp³-hybridized carbons (Fsp3) is 0.280. The number of carboxylic acid groups (broad SMARTS) is 1. The molecule has 0 saturated carbocycles. The molecule has 0 fully saturated rings. The summed E-state index contributed by atoms with van der Waals surface area (Å²) >= 11 is 11.9. The van der Waals surface area contributed by atoms with E-state index in [2.05, 4.69) is 10.3 Å². The van der Waals surface area contributed by atoms with Crippen LogP contribution in [0, 0.1) is 0 Å². The molecule has 0 aliphatic heterocycles. The molecule has 9 heteroatoms. The Kier molecular flexibility index (Phi) is 7.58. The van der Waals surface area contributed by atoms with Crippen LogP contribution in [0.25, 0.3) is 0 Å². The van der Waals surface area contributed by atoms with Crippen LogP contribution < -0.4 is 14.8 Å². The second kappa shape index (κ2) is 10.6. The zero-order valence-electron chi connectivity index (χ0n) is 18.4. The van der Waals surface area contributed by atoms with E-state index in [-0.39, 0.29) is 22.5 Å². The molecule has 0 amide bonds. The second-order valence-electron chi connectivity index (χ2n) is 8.10. The van der Waals surface area contributed by atoms with Crippen LogP contribution in [-0.4, -0.2) is 40.9 Å². The molecule has 34 heavy (non-hydrogen) atoms. The van der Waals surface area contributed by atoms with Crippen LogP contribution in [0.15, 0.2) is 48.7 Å². The number of aryl methyl sites for hydroxylation is 1. The lowest BCUT2D eigenvalue weighted by Crippen LogP contribution is -2.37. The average molecular weight is 503 g/mol. The Hall–Kier alpha value is -2.84. The van der Waals surface area contributed by atoms with Gasteiger partial charge in [-0.1, -0.05) is 29.3 Å². The summed E-state index contributed by atoms with van der Waals surface area (Å²) in [5.41, 5.74) is 3.05. The Bertz CT molecular complexity index is 1200. The minimum absolute atomic E-state index is 0.0398. The highest BCUT2D eigenvalue weighted by Crippen LogP contribution is 2.31. The molecule has 0 unspecified atom stereocenters. The summed E-state index contributed by atoms with van der Waals surface area (Å²) < 4.78 is 11.0. The van der Waals surface area contributed by atoms with Gasteiger partial charge in [0.05, 0.1) is 18.2 Å². The Morgan fingerprint density at radius 3 is 2.68 bits per heavy atom. The zero-order chi connectivity index (χ0) is 24.2. The Labute approximate surface area is 207 Å². The summed E-state index contributed by atoms with van der Waals surface area (Å²) in [5.74, 6) is 0.239. The monoisotopic (exact) mass is 502 g/mol. The first-order valence-corrected chi connectivity index (χ1v) is 11.5. The summed E-state index contributed by atoms with van der Waals surface area (Å²) in [6, 6.07) is 12.4. The maximum absolute atomic E-state index is 11.5. The molecule has 0 bridgehead atoms. The molecular formula is C25H24Cl2N2O5. The number of nitrogens with one attached hydrogen (secondary N) is 1. The van der Waals surface area contributed by atoms with E-state index < -0.39 is 12.1 Å². The number of hydrogen-bond acceptors (Lipinski definition) is 6. The zero-order valence-corrected chi connectivity index (χ0v) is 19.9. The van der Waals surface area contributed by atoms with Crippen molar-refractivity contribution in [3.05, 3.63) is 81.1 Å². The van der Waals surface area contributed by atoms with Gasteiger partial charge in [0.1, 0.15) is 28.0 Å². The number of pyridine rings is 1. The summed E-state index contributed by atoms with van der Waals surface area (Å²) in [6.45, 7) is 0.361. The predicted octanol–water partition coefficient (Wildman–Crippen LogP) is 5.07. The van der Waals surface area contributed by atoms with Crippen molar-refractivity contribution in [3.8, 4) is 17.2 Å². The SMILES string of the molecule is COc1ccc(Oc2ccc3c(c2)C[C@@H](NC[C@@H](O)c2cnc(Cl)c(Cl)c2)CC3)cc1C(=O)O. The molecule has 7 nitrogen and oxygen atoms in total. The third-order valence-corrected chi connectivity index (χ3v) is 6.53. The van der Waals surface area contributed by atoms with Crippen LogP contribution in [0.2, 0.25) is 10.2 Å². The number of fused-ring (bicyclic) bond motifs is 1. The number of nitrogens with zero attached hydrogens (tertiary/aromatic N) is 1. The number of methoxy groups -OCH3 is 1. The van der Waals surface area contributed by atoms with Crippen molar-refractivity contribution in [2.45, 2.75) is 31.4 Å². The number of aromatic carboxylic acids is 1. The van der Waals surface area contributed by atoms with Crippen LogP contribution in [-0.2, 0) is 12.8 Å². The molecule has 2 aromatic carbocycles. The van der Waals surface area contributed by atoms with Crippen molar-refractivity contribution in [2.24, 2.45) is 0 Å². The van der Waals surface area contributed by atoms with Crippen LogP contribution in [0.3, 0.4) is 0 Å². The largest absolute Gasteiger partial charge is 0.496 e. The molecule has 4 rings (SSSR count). The van der Waals surface area contributed by atoms with E-state index in [1.165, 1.54) is 24.9 Å². The molecular weight excluding hydrogens is 479 g/mol. The van der Waals surface area contributed by atoms with Gasteiger partial charge in [-0.25, -0.2) is 9.78 Å². The summed E-state index contributed by atoms with van der Waals surface area (Å²) in [4.78, 5) is 15.5. The number of halogens is 2. The molecule has 0 radical (unpaired) electrons. The highest BCUT2D eigenvalue weighted by atomic mass is 35.5. The predicted molar refractivity (Wildman–Crippen MR) is 130 cm³/mol. The number of carboxylic acids is 1. The fourth-order valence-corrected chi connectivity index (χ4v) is 4.32. The maximum atomic E-state index is 11.5. The summed E-state index contributed by atoms with van der Waals surface area (Å²) in [6.07, 6.45) is 3.40. The first-order chi connectivity index (χ1) is 16.3. The van der Waals surface area contributed by atoms with E-state index in [9.17, 15) is 15.0 Å². The molecule has 0 saturated heterocycles. The van der Waals surface area contributed by atoms with Gasteiger partial charge in [-0.3, -0.25) is 0 Å². The Balaban J connectivity index is 1.41. The first-order valence-electron chi connectivity index (χ1n) is 10.8. The number of rotatable bonds is 8. The van der Waals surface area contributed by atoms with Crippen LogP contribution >= 0.6 is 23.2 Å². The lowest BCUT2D eigenvalue weighted by atomic mass is 9.88. The molecule has 3 aromatic rings. The molecule has 3 N–H and O–H groups in total. The molecule has 1 aromatic heterocycles. The van der Waals surface area contributed by atoms with Crippen molar-refractivity contribution < 1.29 is 24.5 Å². The quantitative estimate of drug-likeness (QED) is 0.369. The number of carbonyl (C=O) groups is 1. The highest BCUT2D eigenvalue weighted by Gasteiger charge is 2.21. The number of aromatic nitrogens is 1. The van der Waals surface area contributed by atoms with Crippen molar-refractivity contribution in [1.29, 1.82) is 0 Å². The van der Waals surface area contributed by atoms with E-state index in [1.54, 1.807) is 18.2 Å². The van der Waals surface area contributed by atoms with Gasteiger partial charge in [-0.15, -0.1) is 0 Å². The first kappa shape index (κ1) is 24.3. The second-order valence-corrected chi connectivity index (χ2v) is 8.87. The molecule has 1 heterocycles. The fourth-order valence-electron chi connectivity index (χ4n) is 4.04. The van der Waals surface area contributed by atoms with E-state index in [1.807, 2.05) is 18.2 Å². The number of hydrogen-bond donors (Lipinski definition) is 3. The minimum atomic E-state index is -1.08. The van der Waals surface area contributed by atoms with Gasteiger partial charge in [-0.2, -0.15) is 0 Å². The van der Waals surface area contributed by atoms with Gasteiger partial charge < -0.3 is 25.0 Å². The molecule has 2 atom stereocenters. The lowest BCUT2D eigenvalue weighted by molar-refractivity contribution is 0.0693. The van der Waals surface area contributed by atoms with Gasteiger partial charge in [0, 0.05) is 24.3 Å². The molecule has 1 aliphatic rings. The maximum Gasteiger partial charge on any atom is 0.339 e. The standard InChI is InChI=1S/C25H24Cl2N2O5/c1-33-23-7-6-19(11-20(23)25(31)32)34-18-5-3-14-2-4-17(8-15(14)9-18)28-13-22(30)16-10-21(26)24(27)29-12-16/h3,5-7,9-12,17,22,28,30H,2,4,8,13H2,1H3,(H,31,32)/t17-,22+/m0/s1. The van der Waals surface area contributed by atoms with Crippen molar-refractivity contribution >= 4 is 29.2 Å². The average Bonchev–Trinajstić information content (AvgIpc) is 2.83. The minimum Gasteiger partial charge on any atom is -0.496 e. The highest BCUT2D eigenvalue weighted by molar-refractivity contribution is 6.41. The molecule has 0 spiro atoms. The number of benzene rings is 2. The van der Waals surface area contributed by atoms with Gasteiger partial charge >= 0.3 is 5.97 Å².